The molecule has 0 heterocycles. The molecule has 0 aliphatic rings. The zero-order chi connectivity index (χ0) is 12.7. The number of nitrogens with zero attached hydrogens (tertiary/aromatic N) is 1. The van der Waals surface area contributed by atoms with Crippen LogP contribution in [0, 0.1) is 0 Å². The Balaban J connectivity index is 2.65. The fourth-order valence-electron chi connectivity index (χ4n) is 1.77. The summed E-state index contributed by atoms with van der Waals surface area (Å²) in [5, 5.41) is 9.87. The number of carbonyl (C=O) groups excluding carboxylic acids is 1. The Kier molecular flexibility index (Phi) is 5.70. The third-order valence-corrected chi connectivity index (χ3v) is 2.73. The smallest absolute Gasteiger partial charge is 0.223 e. The summed E-state index contributed by atoms with van der Waals surface area (Å²) in [5.74, 6) is -0.0354. The first-order valence-electron chi connectivity index (χ1n) is 6.16. The fraction of sp³-hybridized carbons (Fsp3) is 0.500. The number of unbranched alkanes of at least 4 members (excludes halogenated alkanes) is 1. The number of amides is 1. The molecule has 0 spiro atoms. The Hall–Kier alpha value is -1.35. The van der Waals surface area contributed by atoms with E-state index < -0.39 is 6.10 Å². The van der Waals surface area contributed by atoms with Crippen LogP contribution in [0.1, 0.15) is 33.1 Å². The summed E-state index contributed by atoms with van der Waals surface area (Å²) in [6.45, 7) is 3.99. The monoisotopic (exact) mass is 235 g/mol. The topological polar surface area (TPSA) is 40.5 Å². The highest BCUT2D eigenvalue weighted by atomic mass is 16.3. The average molecular weight is 235 g/mol. The van der Waals surface area contributed by atoms with Crippen LogP contribution in [-0.2, 0) is 4.79 Å². The predicted octanol–water partition coefficient (Wildman–Crippen LogP) is 2.59. The van der Waals surface area contributed by atoms with Crippen LogP contribution in [0.4, 0.5) is 5.69 Å². The van der Waals surface area contributed by atoms with Crippen LogP contribution in [0.15, 0.2) is 30.3 Å². The lowest BCUT2D eigenvalue weighted by molar-refractivity contribution is -0.116. The SMILES string of the molecule is CCCCC(O)CN(C(C)=O)c1ccccc1. The van der Waals surface area contributed by atoms with Crippen LogP contribution >= 0.6 is 0 Å². The van der Waals surface area contributed by atoms with Crippen LogP contribution in [0.3, 0.4) is 0 Å². The van der Waals surface area contributed by atoms with E-state index in [0.717, 1.165) is 24.9 Å². The van der Waals surface area contributed by atoms with Crippen LogP contribution < -0.4 is 4.90 Å². The van der Waals surface area contributed by atoms with E-state index in [1.165, 1.54) is 6.92 Å². The molecule has 17 heavy (non-hydrogen) atoms. The van der Waals surface area contributed by atoms with E-state index in [1.54, 1.807) is 4.90 Å². The second-order valence-corrected chi connectivity index (χ2v) is 4.26. The number of anilines is 1. The summed E-state index contributed by atoms with van der Waals surface area (Å²) in [5.41, 5.74) is 0.843. The first kappa shape index (κ1) is 13.7. The van der Waals surface area contributed by atoms with Crippen LogP contribution in [0.5, 0.6) is 0 Å². The molecule has 1 amide bonds. The molecule has 0 aliphatic carbocycles. The Morgan fingerprint density at radius 1 is 1.35 bits per heavy atom. The van der Waals surface area contributed by atoms with Gasteiger partial charge in [0.25, 0.3) is 0 Å². The van der Waals surface area contributed by atoms with E-state index >= 15 is 0 Å². The van der Waals surface area contributed by atoms with Gasteiger partial charge in [-0.15, -0.1) is 0 Å². The van der Waals surface area contributed by atoms with Crippen LogP contribution in [0.2, 0.25) is 0 Å². The number of rotatable bonds is 6. The van der Waals surface area contributed by atoms with Crippen molar-refractivity contribution in [2.45, 2.75) is 39.2 Å². The zero-order valence-electron chi connectivity index (χ0n) is 10.6. The standard InChI is InChI=1S/C14H21NO2/c1-3-4-10-14(17)11-15(12(2)16)13-8-6-5-7-9-13/h5-9,14,17H,3-4,10-11H2,1-2H3. The van der Waals surface area contributed by atoms with Gasteiger partial charge in [0.1, 0.15) is 0 Å². The molecule has 1 aromatic rings. The van der Waals surface area contributed by atoms with Gasteiger partial charge in [0.15, 0.2) is 0 Å². The van der Waals surface area contributed by atoms with Gasteiger partial charge in [-0.2, -0.15) is 0 Å². The second-order valence-electron chi connectivity index (χ2n) is 4.26. The van der Waals surface area contributed by atoms with Gasteiger partial charge >= 0.3 is 0 Å². The molecule has 1 unspecified atom stereocenters. The maximum absolute atomic E-state index is 11.6. The minimum absolute atomic E-state index is 0.0354. The van der Waals surface area contributed by atoms with Gasteiger partial charge in [0, 0.05) is 12.6 Å². The maximum Gasteiger partial charge on any atom is 0.223 e. The molecule has 94 valence electrons. The molecule has 1 rings (SSSR count). The van der Waals surface area contributed by atoms with E-state index in [9.17, 15) is 9.90 Å². The molecule has 0 saturated carbocycles. The molecule has 0 aliphatic heterocycles. The van der Waals surface area contributed by atoms with Crippen molar-refractivity contribution in [3.8, 4) is 0 Å². The zero-order valence-corrected chi connectivity index (χ0v) is 10.6. The predicted molar refractivity (Wildman–Crippen MR) is 70.0 cm³/mol. The first-order chi connectivity index (χ1) is 8.15. The second kappa shape index (κ2) is 7.07. The molecule has 1 atom stereocenters. The third kappa shape index (κ3) is 4.57. The molecule has 3 heteroatoms. The molecule has 0 aromatic heterocycles. The summed E-state index contributed by atoms with van der Waals surface area (Å²) in [6.07, 6.45) is 2.34. The van der Waals surface area contributed by atoms with Gasteiger partial charge in [-0.05, 0) is 18.6 Å². The molecule has 0 fully saturated rings. The quantitative estimate of drug-likeness (QED) is 0.823. The van der Waals surface area contributed by atoms with Gasteiger partial charge in [0.05, 0.1) is 12.6 Å². The Morgan fingerprint density at radius 2 is 2.00 bits per heavy atom. The summed E-state index contributed by atoms with van der Waals surface area (Å²) in [4.78, 5) is 13.2. The van der Waals surface area contributed by atoms with E-state index in [0.29, 0.717) is 6.54 Å². The Labute approximate surface area is 103 Å². The molecule has 0 radical (unpaired) electrons. The van der Waals surface area contributed by atoms with Gasteiger partial charge in [-0.1, -0.05) is 38.0 Å². The summed E-state index contributed by atoms with van der Waals surface area (Å²) < 4.78 is 0. The minimum Gasteiger partial charge on any atom is -0.391 e. The van der Waals surface area contributed by atoms with Gasteiger partial charge < -0.3 is 10.0 Å². The van der Waals surface area contributed by atoms with Crippen molar-refractivity contribution in [2.24, 2.45) is 0 Å². The van der Waals surface area contributed by atoms with Crippen LogP contribution in [-0.4, -0.2) is 23.7 Å². The normalized spacial score (nSPS) is 12.2. The highest BCUT2D eigenvalue weighted by Crippen LogP contribution is 2.15. The van der Waals surface area contributed by atoms with Crippen molar-refractivity contribution < 1.29 is 9.90 Å². The van der Waals surface area contributed by atoms with Gasteiger partial charge in [-0.25, -0.2) is 0 Å². The molecule has 3 nitrogen and oxygen atoms in total. The fourth-order valence-corrected chi connectivity index (χ4v) is 1.77. The van der Waals surface area contributed by atoms with Crippen molar-refractivity contribution in [2.75, 3.05) is 11.4 Å². The van der Waals surface area contributed by atoms with Crippen molar-refractivity contribution in [3.63, 3.8) is 0 Å². The average Bonchev–Trinajstić information content (AvgIpc) is 2.34. The molecular formula is C14H21NO2. The lowest BCUT2D eigenvalue weighted by atomic mass is 10.1. The number of hydrogen-bond donors (Lipinski definition) is 1. The Bertz CT molecular complexity index is 337. The van der Waals surface area contributed by atoms with Crippen LogP contribution in [0.25, 0.3) is 0 Å². The summed E-state index contributed by atoms with van der Waals surface area (Å²) in [7, 11) is 0. The van der Waals surface area contributed by atoms with Crippen molar-refractivity contribution in [1.82, 2.24) is 0 Å². The summed E-state index contributed by atoms with van der Waals surface area (Å²) in [6, 6.07) is 9.46. The van der Waals surface area contributed by atoms with Crippen molar-refractivity contribution >= 4 is 11.6 Å². The number of hydrogen-bond acceptors (Lipinski definition) is 2. The Morgan fingerprint density at radius 3 is 2.53 bits per heavy atom. The molecule has 0 bridgehead atoms. The van der Waals surface area contributed by atoms with E-state index in [-0.39, 0.29) is 5.91 Å². The molecule has 1 N–H and O–H groups in total. The lowest BCUT2D eigenvalue weighted by Gasteiger charge is -2.24. The molecule has 1 aromatic carbocycles. The van der Waals surface area contributed by atoms with Crippen molar-refractivity contribution in [1.29, 1.82) is 0 Å². The number of aliphatic hydroxyl groups excluding tert-OH is 1. The van der Waals surface area contributed by atoms with Crippen molar-refractivity contribution in [3.05, 3.63) is 30.3 Å². The number of carbonyl (C=O) groups is 1. The lowest BCUT2D eigenvalue weighted by Crippen LogP contribution is -2.36. The number of aliphatic hydroxyl groups is 1. The summed E-state index contributed by atoms with van der Waals surface area (Å²) >= 11 is 0. The highest BCUT2D eigenvalue weighted by molar-refractivity contribution is 5.91. The maximum atomic E-state index is 11.6. The number of benzene rings is 1. The largest absolute Gasteiger partial charge is 0.391 e. The minimum atomic E-state index is -0.445. The highest BCUT2D eigenvalue weighted by Gasteiger charge is 2.15. The first-order valence-corrected chi connectivity index (χ1v) is 6.16. The third-order valence-electron chi connectivity index (χ3n) is 2.73. The number of para-hydroxylation sites is 1. The van der Waals surface area contributed by atoms with Gasteiger partial charge in [-0.3, -0.25) is 4.79 Å². The molecule has 0 saturated heterocycles. The van der Waals surface area contributed by atoms with Gasteiger partial charge in [0.2, 0.25) is 5.91 Å². The van der Waals surface area contributed by atoms with E-state index in [4.69, 9.17) is 0 Å². The molecular weight excluding hydrogens is 214 g/mol. The van der Waals surface area contributed by atoms with E-state index in [1.807, 2.05) is 30.3 Å². The van der Waals surface area contributed by atoms with E-state index in [2.05, 4.69) is 6.92 Å².